The molecular weight excluding hydrogens is 559 g/mol. The molecule has 0 radical (unpaired) electrons. The molecule has 0 aliphatic rings. The SMILES string of the molecule is c1ccc(N(c2ccc(-c3ccc4cc5c(cc4c3)sc3ccccc35)cc2)c2cccc3sc4ccccc4c23)cc1. The van der Waals surface area contributed by atoms with Gasteiger partial charge in [-0.1, -0.05) is 84.9 Å². The summed E-state index contributed by atoms with van der Waals surface area (Å²) >= 11 is 3.74. The van der Waals surface area contributed by atoms with Gasteiger partial charge < -0.3 is 4.90 Å². The van der Waals surface area contributed by atoms with Crippen LogP contribution in [0.15, 0.2) is 152 Å². The number of hydrogen-bond acceptors (Lipinski definition) is 3. The molecule has 0 unspecified atom stereocenters. The molecule has 0 spiro atoms. The second-order valence-corrected chi connectivity index (χ2v) is 13.1. The van der Waals surface area contributed by atoms with E-state index in [0.29, 0.717) is 0 Å². The van der Waals surface area contributed by atoms with Crippen LogP contribution in [0.25, 0.3) is 62.2 Å². The van der Waals surface area contributed by atoms with E-state index in [1.54, 1.807) is 0 Å². The van der Waals surface area contributed by atoms with Crippen molar-refractivity contribution in [2.45, 2.75) is 0 Å². The number of para-hydroxylation sites is 1. The van der Waals surface area contributed by atoms with Crippen LogP contribution in [0.1, 0.15) is 0 Å². The maximum absolute atomic E-state index is 2.39. The third-order valence-corrected chi connectivity index (χ3v) is 10.7. The number of nitrogens with zero attached hydrogens (tertiary/aromatic N) is 1. The summed E-state index contributed by atoms with van der Waals surface area (Å²) in [6.07, 6.45) is 0. The van der Waals surface area contributed by atoms with E-state index in [4.69, 9.17) is 0 Å². The normalized spacial score (nSPS) is 11.7. The van der Waals surface area contributed by atoms with Gasteiger partial charge in [-0.2, -0.15) is 0 Å². The van der Waals surface area contributed by atoms with E-state index < -0.39 is 0 Å². The van der Waals surface area contributed by atoms with Crippen LogP contribution < -0.4 is 4.90 Å². The minimum Gasteiger partial charge on any atom is -0.310 e. The molecule has 2 heterocycles. The van der Waals surface area contributed by atoms with Gasteiger partial charge in [0.1, 0.15) is 0 Å². The van der Waals surface area contributed by atoms with Gasteiger partial charge in [0.25, 0.3) is 0 Å². The molecule has 0 saturated heterocycles. The molecule has 1 nitrogen and oxygen atoms in total. The molecule has 0 fully saturated rings. The smallest absolute Gasteiger partial charge is 0.0554 e. The van der Waals surface area contributed by atoms with Crippen LogP contribution in [0.4, 0.5) is 17.1 Å². The highest BCUT2D eigenvalue weighted by Gasteiger charge is 2.18. The predicted octanol–water partition coefficient (Wildman–Crippen LogP) is 12.7. The summed E-state index contributed by atoms with van der Waals surface area (Å²) < 4.78 is 5.31. The highest BCUT2D eigenvalue weighted by atomic mass is 32.1. The van der Waals surface area contributed by atoms with Crippen molar-refractivity contribution in [2.24, 2.45) is 0 Å². The van der Waals surface area contributed by atoms with Crippen LogP contribution in [0.3, 0.4) is 0 Å². The molecule has 0 saturated carbocycles. The van der Waals surface area contributed by atoms with Crippen LogP contribution in [0.2, 0.25) is 0 Å². The molecule has 0 aliphatic heterocycles. The Kier molecular flexibility index (Phi) is 5.62. The number of fused-ring (bicyclic) bond motifs is 7. The summed E-state index contributed by atoms with van der Waals surface area (Å²) in [5, 5.41) is 7.86. The zero-order chi connectivity index (χ0) is 28.3. The lowest BCUT2D eigenvalue weighted by Gasteiger charge is -2.26. The van der Waals surface area contributed by atoms with E-state index >= 15 is 0 Å². The lowest BCUT2D eigenvalue weighted by molar-refractivity contribution is 1.30. The maximum atomic E-state index is 2.39. The van der Waals surface area contributed by atoms with Crippen molar-refractivity contribution in [2.75, 3.05) is 4.90 Å². The maximum Gasteiger partial charge on any atom is 0.0554 e. The van der Waals surface area contributed by atoms with Gasteiger partial charge in [-0.15, -0.1) is 22.7 Å². The third kappa shape index (κ3) is 4.04. The van der Waals surface area contributed by atoms with Crippen LogP contribution in [0.5, 0.6) is 0 Å². The number of hydrogen-bond donors (Lipinski definition) is 0. The van der Waals surface area contributed by atoms with Gasteiger partial charge in [0.05, 0.1) is 5.69 Å². The van der Waals surface area contributed by atoms with Gasteiger partial charge in [-0.05, 0) is 88.6 Å². The summed E-state index contributed by atoms with van der Waals surface area (Å²) in [5.74, 6) is 0. The first-order chi connectivity index (χ1) is 21.3. The largest absolute Gasteiger partial charge is 0.310 e. The Bertz CT molecular complexity index is 2450. The first-order valence-corrected chi connectivity index (χ1v) is 16.1. The zero-order valence-corrected chi connectivity index (χ0v) is 24.8. The van der Waals surface area contributed by atoms with Crippen molar-refractivity contribution in [3.63, 3.8) is 0 Å². The fraction of sp³-hybridized carbons (Fsp3) is 0. The third-order valence-electron chi connectivity index (χ3n) is 8.43. The Morgan fingerprint density at radius 2 is 1.02 bits per heavy atom. The van der Waals surface area contributed by atoms with Gasteiger partial charge in [-0.25, -0.2) is 0 Å². The average molecular weight is 584 g/mol. The van der Waals surface area contributed by atoms with E-state index in [0.717, 1.165) is 11.4 Å². The summed E-state index contributed by atoms with van der Waals surface area (Å²) in [5.41, 5.74) is 5.94. The monoisotopic (exact) mass is 583 g/mol. The quantitative estimate of drug-likeness (QED) is 0.199. The topological polar surface area (TPSA) is 3.24 Å². The van der Waals surface area contributed by atoms with Crippen molar-refractivity contribution in [1.29, 1.82) is 0 Å². The molecule has 202 valence electrons. The Morgan fingerprint density at radius 3 is 1.86 bits per heavy atom. The summed E-state index contributed by atoms with van der Waals surface area (Å²) in [6.45, 7) is 0. The van der Waals surface area contributed by atoms with Crippen molar-refractivity contribution in [3.05, 3.63) is 152 Å². The summed E-state index contributed by atoms with van der Waals surface area (Å²) in [4.78, 5) is 2.39. The van der Waals surface area contributed by atoms with E-state index in [9.17, 15) is 0 Å². The molecule has 0 atom stereocenters. The Balaban J connectivity index is 1.16. The molecule has 2 aromatic heterocycles. The second-order valence-electron chi connectivity index (χ2n) is 11.0. The average Bonchev–Trinajstić information content (AvgIpc) is 3.63. The van der Waals surface area contributed by atoms with E-state index in [-0.39, 0.29) is 0 Å². The van der Waals surface area contributed by atoms with Crippen molar-refractivity contribution >= 4 is 90.9 Å². The molecule has 3 heteroatoms. The fourth-order valence-corrected chi connectivity index (χ4v) is 8.66. The van der Waals surface area contributed by atoms with Gasteiger partial charge >= 0.3 is 0 Å². The van der Waals surface area contributed by atoms with Crippen molar-refractivity contribution in [3.8, 4) is 11.1 Å². The van der Waals surface area contributed by atoms with E-state index in [1.807, 2.05) is 22.7 Å². The number of rotatable bonds is 4. The van der Waals surface area contributed by atoms with Gasteiger partial charge in [0.15, 0.2) is 0 Å². The summed E-state index contributed by atoms with van der Waals surface area (Å²) in [6, 6.07) is 55.4. The minimum absolute atomic E-state index is 1.14. The van der Waals surface area contributed by atoms with Gasteiger partial charge in [0, 0.05) is 51.7 Å². The van der Waals surface area contributed by atoms with Crippen LogP contribution in [-0.4, -0.2) is 0 Å². The Hall–Kier alpha value is -4.96. The molecule has 0 bridgehead atoms. The number of thiophene rings is 2. The number of anilines is 3. The second kappa shape index (κ2) is 9.81. The first-order valence-electron chi connectivity index (χ1n) is 14.5. The molecule has 0 amide bonds. The predicted molar refractivity (Wildman–Crippen MR) is 190 cm³/mol. The van der Waals surface area contributed by atoms with Crippen LogP contribution in [0, 0.1) is 0 Å². The standard InChI is InChI=1S/C40H25NS2/c1-2-9-30(10-3-1)41(35-13-8-16-38-40(35)33-12-5-7-15-37(33)42-38)31-21-19-26(20-22-31)27-17-18-28-24-34-32-11-4-6-14-36(32)43-39(34)25-29(28)23-27/h1-25H. The molecule has 0 N–H and O–H groups in total. The molecule has 43 heavy (non-hydrogen) atoms. The fourth-order valence-electron chi connectivity index (χ4n) is 6.40. The van der Waals surface area contributed by atoms with E-state index in [1.165, 1.54) is 67.9 Å². The summed E-state index contributed by atoms with van der Waals surface area (Å²) in [7, 11) is 0. The highest BCUT2D eigenvalue weighted by molar-refractivity contribution is 7.26. The Labute approximate surface area is 257 Å². The van der Waals surface area contributed by atoms with Crippen LogP contribution in [-0.2, 0) is 0 Å². The molecular formula is C40H25NS2. The van der Waals surface area contributed by atoms with Crippen molar-refractivity contribution in [1.82, 2.24) is 0 Å². The molecule has 7 aromatic carbocycles. The van der Waals surface area contributed by atoms with Crippen LogP contribution >= 0.6 is 22.7 Å². The van der Waals surface area contributed by atoms with Gasteiger partial charge in [-0.3, -0.25) is 0 Å². The van der Waals surface area contributed by atoms with Crippen molar-refractivity contribution < 1.29 is 0 Å². The highest BCUT2D eigenvalue weighted by Crippen LogP contribution is 2.45. The molecule has 0 aliphatic carbocycles. The number of benzene rings is 7. The first kappa shape index (κ1) is 24.6. The lowest BCUT2D eigenvalue weighted by atomic mass is 9.99. The Morgan fingerprint density at radius 1 is 0.372 bits per heavy atom. The lowest BCUT2D eigenvalue weighted by Crippen LogP contribution is -2.10. The van der Waals surface area contributed by atoms with E-state index in [2.05, 4.69) is 157 Å². The molecule has 9 aromatic rings. The molecule has 9 rings (SSSR count). The minimum atomic E-state index is 1.14. The van der Waals surface area contributed by atoms with Gasteiger partial charge in [0.2, 0.25) is 0 Å². The zero-order valence-electron chi connectivity index (χ0n) is 23.2.